The fourth-order valence-electron chi connectivity index (χ4n) is 2.10. The lowest BCUT2D eigenvalue weighted by atomic mass is 10.1. The van der Waals surface area contributed by atoms with E-state index in [1.54, 1.807) is 22.7 Å². The van der Waals surface area contributed by atoms with E-state index in [0.717, 1.165) is 11.3 Å². The number of halogens is 1. The van der Waals surface area contributed by atoms with E-state index in [4.69, 9.17) is 11.6 Å². The number of nitriles is 1. The summed E-state index contributed by atoms with van der Waals surface area (Å²) in [5, 5.41) is 9.93. The molecule has 1 aromatic carbocycles. The summed E-state index contributed by atoms with van der Waals surface area (Å²) < 4.78 is 1.77. The molecule has 0 saturated heterocycles. The highest BCUT2D eigenvalue weighted by atomic mass is 35.5. The van der Waals surface area contributed by atoms with Crippen LogP contribution in [-0.2, 0) is 6.42 Å². The van der Waals surface area contributed by atoms with Crippen LogP contribution < -0.4 is 0 Å². The van der Waals surface area contributed by atoms with E-state index in [2.05, 4.69) is 11.1 Å². The van der Waals surface area contributed by atoms with Crippen molar-refractivity contribution in [3.8, 4) is 6.07 Å². The second-order valence-electron chi connectivity index (χ2n) is 4.25. The molecule has 92 valence electrons. The molecule has 19 heavy (non-hydrogen) atoms. The van der Waals surface area contributed by atoms with Gasteiger partial charge in [-0.15, -0.1) is 0 Å². The van der Waals surface area contributed by atoms with Crippen LogP contribution in [0.5, 0.6) is 0 Å². The Kier molecular flexibility index (Phi) is 2.94. The van der Waals surface area contributed by atoms with Crippen molar-refractivity contribution >= 4 is 17.2 Å². The largest absolute Gasteiger partial charge is 0.291 e. The molecule has 0 aliphatic rings. The molecule has 3 nitrogen and oxygen atoms in total. The Morgan fingerprint density at radius 2 is 2.00 bits per heavy atom. The third-order valence-corrected chi connectivity index (χ3v) is 3.22. The van der Waals surface area contributed by atoms with E-state index in [9.17, 15) is 5.26 Å². The van der Waals surface area contributed by atoms with Gasteiger partial charge < -0.3 is 0 Å². The molecule has 2 heterocycles. The zero-order valence-electron chi connectivity index (χ0n) is 10.0. The van der Waals surface area contributed by atoms with Gasteiger partial charge in [0.2, 0.25) is 0 Å². The van der Waals surface area contributed by atoms with Gasteiger partial charge in [0.25, 0.3) is 0 Å². The quantitative estimate of drug-likeness (QED) is 0.714. The monoisotopic (exact) mass is 267 g/mol. The Labute approximate surface area is 115 Å². The van der Waals surface area contributed by atoms with Crippen molar-refractivity contribution in [2.45, 2.75) is 6.42 Å². The van der Waals surface area contributed by atoms with Gasteiger partial charge in [-0.2, -0.15) is 5.26 Å². The molecule has 0 saturated carbocycles. The first-order chi connectivity index (χ1) is 9.28. The predicted molar refractivity (Wildman–Crippen MR) is 74.2 cm³/mol. The van der Waals surface area contributed by atoms with E-state index in [1.165, 1.54) is 0 Å². The molecule has 3 rings (SSSR count). The minimum absolute atomic E-state index is 0.565. The summed E-state index contributed by atoms with van der Waals surface area (Å²) in [6, 6.07) is 15.7. The standard InChI is InChI=1S/C15H10ClN3/c16-12-6-7-19-14(10-17)13(18-15(19)9-12)8-11-4-2-1-3-5-11/h1-7,9H,8H2. The molecule has 4 heteroatoms. The molecular weight excluding hydrogens is 258 g/mol. The second-order valence-corrected chi connectivity index (χ2v) is 4.69. The minimum Gasteiger partial charge on any atom is -0.291 e. The van der Waals surface area contributed by atoms with Crippen molar-refractivity contribution in [2.24, 2.45) is 0 Å². The molecule has 0 atom stereocenters. The van der Waals surface area contributed by atoms with Gasteiger partial charge in [-0.3, -0.25) is 4.40 Å². The Morgan fingerprint density at radius 3 is 2.74 bits per heavy atom. The van der Waals surface area contributed by atoms with Crippen LogP contribution in [0.25, 0.3) is 5.65 Å². The van der Waals surface area contributed by atoms with Gasteiger partial charge in [-0.05, 0) is 11.6 Å². The molecule has 3 aromatic rings. The number of rotatable bonds is 2. The van der Waals surface area contributed by atoms with Crippen LogP contribution in [0.4, 0.5) is 0 Å². The predicted octanol–water partition coefficient (Wildman–Crippen LogP) is 3.45. The summed E-state index contributed by atoms with van der Waals surface area (Å²) >= 11 is 5.95. The molecule has 2 aromatic heterocycles. The van der Waals surface area contributed by atoms with Gasteiger partial charge in [-0.1, -0.05) is 41.9 Å². The van der Waals surface area contributed by atoms with Gasteiger partial charge in [-0.25, -0.2) is 4.98 Å². The van der Waals surface area contributed by atoms with Crippen molar-refractivity contribution in [1.82, 2.24) is 9.38 Å². The second kappa shape index (κ2) is 4.75. The Morgan fingerprint density at radius 1 is 1.21 bits per heavy atom. The van der Waals surface area contributed by atoms with Crippen LogP contribution in [-0.4, -0.2) is 9.38 Å². The molecule has 0 unspecified atom stereocenters. The molecule has 0 aliphatic carbocycles. The van der Waals surface area contributed by atoms with E-state index >= 15 is 0 Å². The zero-order chi connectivity index (χ0) is 13.2. The topological polar surface area (TPSA) is 41.1 Å². The smallest absolute Gasteiger partial charge is 0.148 e. The van der Waals surface area contributed by atoms with Gasteiger partial charge in [0.15, 0.2) is 0 Å². The molecule has 0 aliphatic heterocycles. The number of imidazole rings is 1. The summed E-state index contributed by atoms with van der Waals surface area (Å²) in [4.78, 5) is 4.50. The molecule has 0 fully saturated rings. The van der Waals surface area contributed by atoms with Crippen LogP contribution in [0.2, 0.25) is 5.02 Å². The van der Waals surface area contributed by atoms with Gasteiger partial charge >= 0.3 is 0 Å². The summed E-state index contributed by atoms with van der Waals surface area (Å²) in [5.74, 6) is 0. The van der Waals surface area contributed by atoms with Gasteiger partial charge in [0.05, 0.1) is 5.69 Å². The average Bonchev–Trinajstić information content (AvgIpc) is 2.76. The molecule has 0 N–H and O–H groups in total. The summed E-state index contributed by atoms with van der Waals surface area (Å²) in [6.45, 7) is 0. The van der Waals surface area contributed by atoms with Gasteiger partial charge in [0.1, 0.15) is 17.4 Å². The lowest BCUT2D eigenvalue weighted by Crippen LogP contribution is -1.93. The third kappa shape index (κ3) is 2.18. The van der Waals surface area contributed by atoms with Gasteiger partial charge in [0, 0.05) is 23.7 Å². The lowest BCUT2D eigenvalue weighted by molar-refractivity contribution is 1.09. The van der Waals surface area contributed by atoms with Crippen LogP contribution in [0.1, 0.15) is 17.0 Å². The van der Waals surface area contributed by atoms with E-state index in [-0.39, 0.29) is 0 Å². The van der Waals surface area contributed by atoms with E-state index in [1.807, 2.05) is 30.3 Å². The van der Waals surface area contributed by atoms with Crippen molar-refractivity contribution in [2.75, 3.05) is 0 Å². The van der Waals surface area contributed by atoms with Crippen molar-refractivity contribution < 1.29 is 0 Å². The first kappa shape index (κ1) is 11.8. The summed E-state index contributed by atoms with van der Waals surface area (Å²) in [7, 11) is 0. The third-order valence-electron chi connectivity index (χ3n) is 2.98. The lowest BCUT2D eigenvalue weighted by Gasteiger charge is -1.98. The molecular formula is C15H10ClN3. The zero-order valence-corrected chi connectivity index (χ0v) is 10.8. The fourth-order valence-corrected chi connectivity index (χ4v) is 2.25. The Hall–Kier alpha value is -2.31. The molecule has 0 amide bonds. The van der Waals surface area contributed by atoms with Crippen LogP contribution >= 0.6 is 11.6 Å². The highest BCUT2D eigenvalue weighted by Crippen LogP contribution is 2.18. The molecule has 0 radical (unpaired) electrons. The van der Waals surface area contributed by atoms with Crippen molar-refractivity contribution in [1.29, 1.82) is 5.26 Å². The van der Waals surface area contributed by atoms with Crippen molar-refractivity contribution in [3.63, 3.8) is 0 Å². The van der Waals surface area contributed by atoms with Crippen LogP contribution in [0, 0.1) is 11.3 Å². The van der Waals surface area contributed by atoms with Crippen molar-refractivity contribution in [3.05, 3.63) is 70.6 Å². The molecule has 0 spiro atoms. The minimum atomic E-state index is 0.565. The SMILES string of the molecule is N#Cc1c(Cc2ccccc2)nc2cc(Cl)ccn12. The Balaban J connectivity index is 2.11. The maximum atomic E-state index is 9.31. The first-order valence-electron chi connectivity index (χ1n) is 5.88. The maximum Gasteiger partial charge on any atom is 0.148 e. The number of pyridine rings is 1. The number of hydrogen-bond donors (Lipinski definition) is 0. The highest BCUT2D eigenvalue weighted by Gasteiger charge is 2.12. The van der Waals surface area contributed by atoms with E-state index in [0.29, 0.717) is 22.8 Å². The normalized spacial score (nSPS) is 10.5. The van der Waals surface area contributed by atoms with E-state index < -0.39 is 0 Å². The summed E-state index contributed by atoms with van der Waals surface area (Å²) in [6.07, 6.45) is 2.42. The van der Waals surface area contributed by atoms with Crippen LogP contribution in [0.15, 0.2) is 48.7 Å². The molecule has 0 bridgehead atoms. The summed E-state index contributed by atoms with van der Waals surface area (Å²) in [5.41, 5.74) is 3.18. The average molecular weight is 268 g/mol. The maximum absolute atomic E-state index is 9.31. The number of benzene rings is 1. The number of nitrogens with zero attached hydrogens (tertiary/aromatic N) is 3. The number of hydrogen-bond acceptors (Lipinski definition) is 2. The first-order valence-corrected chi connectivity index (χ1v) is 6.26. The fraction of sp³-hybridized carbons (Fsp3) is 0.0667. The van der Waals surface area contributed by atoms with Crippen LogP contribution in [0.3, 0.4) is 0 Å². The number of aromatic nitrogens is 2. The number of fused-ring (bicyclic) bond motifs is 1. The Bertz CT molecular complexity index is 769. The highest BCUT2D eigenvalue weighted by molar-refractivity contribution is 6.30.